The smallest absolute Gasteiger partial charge is 0.313 e. The molecule has 0 aromatic carbocycles. The largest absolute Gasteiger partial charge is 0.466 e. The summed E-state index contributed by atoms with van der Waals surface area (Å²) in [5.41, 5.74) is 1.80. The molecular weight excluding hydrogens is 332 g/mol. The molecule has 2 saturated heterocycles. The molecule has 3 atom stereocenters. The van der Waals surface area contributed by atoms with Gasteiger partial charge in [-0.15, -0.1) is 0 Å². The fraction of sp³-hybridized carbons (Fsp3) is 0.632. The van der Waals surface area contributed by atoms with Crippen molar-refractivity contribution < 1.29 is 9.53 Å². The molecule has 0 amide bonds. The van der Waals surface area contributed by atoms with Gasteiger partial charge in [-0.25, -0.2) is 9.50 Å². The lowest BCUT2D eigenvalue weighted by atomic mass is 9.72. The first-order valence-corrected chi connectivity index (χ1v) is 9.49. The van der Waals surface area contributed by atoms with Crippen LogP contribution in [0.1, 0.15) is 50.9 Å². The van der Waals surface area contributed by atoms with E-state index in [1.54, 1.807) is 6.07 Å². The first-order valence-electron chi connectivity index (χ1n) is 9.49. The van der Waals surface area contributed by atoms with Crippen molar-refractivity contribution in [2.45, 2.75) is 65.1 Å². The van der Waals surface area contributed by atoms with E-state index >= 15 is 0 Å². The molecule has 2 aliphatic heterocycles. The van der Waals surface area contributed by atoms with Crippen molar-refractivity contribution in [3.63, 3.8) is 0 Å². The molecule has 2 fully saturated rings. The van der Waals surface area contributed by atoms with Gasteiger partial charge in [0.15, 0.2) is 5.65 Å². The van der Waals surface area contributed by atoms with E-state index in [2.05, 4.69) is 21.9 Å². The number of nitrogens with one attached hydrogen (secondary N) is 1. The third-order valence-electron chi connectivity index (χ3n) is 6.17. The van der Waals surface area contributed by atoms with E-state index in [1.165, 1.54) is 4.52 Å². The Morgan fingerprint density at radius 1 is 1.38 bits per heavy atom. The van der Waals surface area contributed by atoms with Crippen molar-refractivity contribution in [3.05, 3.63) is 33.9 Å². The highest BCUT2D eigenvalue weighted by atomic mass is 16.5. The van der Waals surface area contributed by atoms with Gasteiger partial charge in [0.05, 0.1) is 17.7 Å². The van der Waals surface area contributed by atoms with Gasteiger partial charge in [-0.2, -0.15) is 0 Å². The van der Waals surface area contributed by atoms with Crippen LogP contribution < -0.4 is 5.56 Å². The molecule has 1 N–H and O–H groups in total. The highest BCUT2D eigenvalue weighted by molar-refractivity contribution is 5.78. The number of hydrogen-bond acceptors (Lipinski definition) is 5. The average molecular weight is 358 g/mol. The Bertz CT molecular complexity index is 902. The molecule has 4 rings (SSSR count). The SMILES string of the molecule is CCOC(=O)[C@@]1(CC)C[C@H]2CC[C@@H]1N2Cc1cc(=O)n2[nH]c(C)cc2n1. The van der Waals surface area contributed by atoms with Gasteiger partial charge in [0.2, 0.25) is 0 Å². The number of carbonyl (C=O) groups excluding carboxylic acids is 1. The predicted molar refractivity (Wildman–Crippen MR) is 96.9 cm³/mol. The first-order chi connectivity index (χ1) is 12.5. The Labute approximate surface area is 152 Å². The van der Waals surface area contributed by atoms with Gasteiger partial charge in [0.25, 0.3) is 5.56 Å². The van der Waals surface area contributed by atoms with Gasteiger partial charge in [-0.1, -0.05) is 6.92 Å². The molecule has 2 bridgehead atoms. The normalized spacial score (nSPS) is 28.1. The summed E-state index contributed by atoms with van der Waals surface area (Å²) >= 11 is 0. The zero-order valence-electron chi connectivity index (χ0n) is 15.6. The summed E-state index contributed by atoms with van der Waals surface area (Å²) in [6, 6.07) is 4.00. The number of aromatic amines is 1. The van der Waals surface area contributed by atoms with Crippen LogP contribution in [0.3, 0.4) is 0 Å². The first kappa shape index (κ1) is 17.3. The Morgan fingerprint density at radius 2 is 2.19 bits per heavy atom. The Kier molecular flexibility index (Phi) is 4.14. The molecule has 0 aliphatic carbocycles. The van der Waals surface area contributed by atoms with E-state index in [0.29, 0.717) is 24.8 Å². The second kappa shape index (κ2) is 6.23. The molecule has 7 heteroatoms. The number of H-pyrrole nitrogens is 1. The van der Waals surface area contributed by atoms with Crippen LogP contribution in [0.25, 0.3) is 5.65 Å². The molecule has 2 aromatic heterocycles. The summed E-state index contributed by atoms with van der Waals surface area (Å²) in [4.78, 5) is 32.1. The van der Waals surface area contributed by atoms with E-state index in [-0.39, 0.29) is 17.6 Å². The maximum Gasteiger partial charge on any atom is 0.313 e. The summed E-state index contributed by atoms with van der Waals surface area (Å²) in [6.07, 6.45) is 3.73. The quantitative estimate of drug-likeness (QED) is 0.827. The zero-order valence-corrected chi connectivity index (χ0v) is 15.6. The number of hydrogen-bond donors (Lipinski definition) is 1. The minimum absolute atomic E-state index is 0.0653. The molecule has 140 valence electrons. The lowest BCUT2D eigenvalue weighted by Gasteiger charge is -2.34. The van der Waals surface area contributed by atoms with Gasteiger partial charge in [0.1, 0.15) is 0 Å². The van der Waals surface area contributed by atoms with E-state index in [4.69, 9.17) is 4.74 Å². The number of esters is 1. The Balaban J connectivity index is 1.63. The van der Waals surface area contributed by atoms with Crippen LogP contribution in [0.4, 0.5) is 0 Å². The van der Waals surface area contributed by atoms with Crippen molar-refractivity contribution in [3.8, 4) is 0 Å². The van der Waals surface area contributed by atoms with E-state index < -0.39 is 5.41 Å². The number of fused-ring (bicyclic) bond motifs is 3. The summed E-state index contributed by atoms with van der Waals surface area (Å²) in [6.45, 7) is 6.86. The van der Waals surface area contributed by atoms with Gasteiger partial charge in [0, 0.05) is 36.5 Å². The number of ether oxygens (including phenoxy) is 1. The average Bonchev–Trinajstić information content (AvgIpc) is 3.26. The fourth-order valence-corrected chi connectivity index (χ4v) is 4.99. The third kappa shape index (κ3) is 2.48. The van der Waals surface area contributed by atoms with Gasteiger partial charge in [-0.3, -0.25) is 19.6 Å². The minimum Gasteiger partial charge on any atom is -0.466 e. The van der Waals surface area contributed by atoms with Gasteiger partial charge < -0.3 is 4.74 Å². The van der Waals surface area contributed by atoms with Crippen LogP contribution in [0.2, 0.25) is 0 Å². The van der Waals surface area contributed by atoms with E-state index in [1.807, 2.05) is 19.9 Å². The highest BCUT2D eigenvalue weighted by Gasteiger charge is 2.59. The number of rotatable bonds is 5. The molecule has 4 heterocycles. The van der Waals surface area contributed by atoms with Crippen LogP contribution in [0.15, 0.2) is 16.9 Å². The standard InChI is InChI=1S/C19H26N4O3/c1-4-19(18(25)26-5-2)10-14-6-7-15(19)22(14)11-13-9-17(24)23-16(20-13)8-12(3)21-23/h8-9,14-15,21H,4-7,10-11H2,1-3H3/t14-,15+,19+/m1/s1. The van der Waals surface area contributed by atoms with Crippen LogP contribution >= 0.6 is 0 Å². The minimum atomic E-state index is -0.414. The molecule has 7 nitrogen and oxygen atoms in total. The van der Waals surface area contributed by atoms with Crippen LogP contribution in [-0.2, 0) is 16.1 Å². The molecule has 26 heavy (non-hydrogen) atoms. The number of carbonyl (C=O) groups is 1. The van der Waals surface area contributed by atoms with Crippen molar-refractivity contribution >= 4 is 11.6 Å². The van der Waals surface area contributed by atoms with Crippen molar-refractivity contribution in [1.29, 1.82) is 0 Å². The molecule has 2 aliphatic rings. The monoisotopic (exact) mass is 358 g/mol. The summed E-state index contributed by atoms with van der Waals surface area (Å²) in [7, 11) is 0. The van der Waals surface area contributed by atoms with Gasteiger partial charge in [-0.05, 0) is 39.5 Å². The molecule has 0 radical (unpaired) electrons. The summed E-state index contributed by atoms with van der Waals surface area (Å²) < 4.78 is 6.88. The van der Waals surface area contributed by atoms with Gasteiger partial charge >= 0.3 is 5.97 Å². The lowest BCUT2D eigenvalue weighted by Crippen LogP contribution is -2.44. The second-order valence-corrected chi connectivity index (χ2v) is 7.57. The van der Waals surface area contributed by atoms with E-state index in [0.717, 1.165) is 37.1 Å². The molecule has 2 aromatic rings. The molecule has 0 unspecified atom stereocenters. The Hall–Kier alpha value is -2.15. The van der Waals surface area contributed by atoms with Crippen LogP contribution in [0, 0.1) is 12.3 Å². The summed E-state index contributed by atoms with van der Waals surface area (Å²) in [5.74, 6) is -0.0653. The topological polar surface area (TPSA) is 79.7 Å². The fourth-order valence-electron chi connectivity index (χ4n) is 4.99. The molecule has 0 saturated carbocycles. The summed E-state index contributed by atoms with van der Waals surface area (Å²) in [5, 5.41) is 3.00. The maximum atomic E-state index is 12.7. The van der Waals surface area contributed by atoms with Crippen molar-refractivity contribution in [2.24, 2.45) is 5.41 Å². The number of aryl methyl sites for hydroxylation is 1. The third-order valence-corrected chi connectivity index (χ3v) is 6.17. The second-order valence-electron chi connectivity index (χ2n) is 7.57. The number of nitrogens with zero attached hydrogens (tertiary/aromatic N) is 3. The molecular formula is C19H26N4O3. The lowest BCUT2D eigenvalue weighted by molar-refractivity contribution is -0.157. The van der Waals surface area contributed by atoms with Crippen LogP contribution in [0.5, 0.6) is 0 Å². The molecule has 0 spiro atoms. The van der Waals surface area contributed by atoms with E-state index in [9.17, 15) is 9.59 Å². The Morgan fingerprint density at radius 3 is 2.92 bits per heavy atom. The van der Waals surface area contributed by atoms with Crippen molar-refractivity contribution in [1.82, 2.24) is 19.5 Å². The predicted octanol–water partition coefficient (Wildman–Crippen LogP) is 2.03. The maximum absolute atomic E-state index is 12.7. The van der Waals surface area contributed by atoms with Crippen molar-refractivity contribution in [2.75, 3.05) is 6.61 Å². The zero-order chi connectivity index (χ0) is 18.5. The highest BCUT2D eigenvalue weighted by Crippen LogP contribution is 2.52. The van der Waals surface area contributed by atoms with Crippen LogP contribution in [-0.4, -0.2) is 44.2 Å². The number of aromatic nitrogens is 3.